The van der Waals surface area contributed by atoms with Crippen LogP contribution < -0.4 is 20.9 Å². The lowest BCUT2D eigenvalue weighted by atomic mass is 9.92. The molecule has 0 spiro atoms. The van der Waals surface area contributed by atoms with Crippen molar-refractivity contribution >= 4 is 46.1 Å². The van der Waals surface area contributed by atoms with E-state index < -0.39 is 22.5 Å². The second-order valence-electron chi connectivity index (χ2n) is 10.8. The molecule has 1 fully saturated rings. The summed E-state index contributed by atoms with van der Waals surface area (Å²) in [4.78, 5) is 28.0. The smallest absolute Gasteiger partial charge is 0.324 e. The number of ether oxygens (including phenoxy) is 1. The second kappa shape index (κ2) is 12.2. The van der Waals surface area contributed by atoms with Crippen molar-refractivity contribution in [3.05, 3.63) is 72.3 Å². The maximum atomic E-state index is 13.1. The van der Waals surface area contributed by atoms with E-state index >= 15 is 0 Å². The minimum Gasteiger partial charge on any atom is -0.359 e. The van der Waals surface area contributed by atoms with Crippen molar-refractivity contribution in [3.63, 3.8) is 0 Å². The van der Waals surface area contributed by atoms with Gasteiger partial charge in [-0.1, -0.05) is 26.8 Å². The molecule has 4 N–H and O–H groups in total. The van der Waals surface area contributed by atoms with Crippen LogP contribution in [0, 0.1) is 6.92 Å². The standard InChI is InChI=1S/C28H33N9O4S/c1-18-5-6-19(15-21(18)32-26-30-12-9-23(33-26)36-13-14-41-25(17-36)42(39)40)31-27(38)34-24-16-22(28(2,3)4)35-37(24)20-7-10-29-11-8-20/h5-12,15-16,25H,13-14,17H2,1-4H3,(H,39,40)(H,30,32,33)(H2,31,34,38). The lowest BCUT2D eigenvalue weighted by Crippen LogP contribution is -2.44. The molecule has 0 radical (unpaired) electrons. The largest absolute Gasteiger partial charge is 0.359 e. The Morgan fingerprint density at radius 3 is 2.62 bits per heavy atom. The summed E-state index contributed by atoms with van der Waals surface area (Å²) >= 11 is -2.09. The zero-order valence-electron chi connectivity index (χ0n) is 23.7. The number of pyridine rings is 1. The number of nitrogens with one attached hydrogen (secondary N) is 3. The number of aromatic nitrogens is 5. The zero-order valence-corrected chi connectivity index (χ0v) is 24.6. The number of carbonyl (C=O) groups excluding carboxylic acids is 1. The average Bonchev–Trinajstić information content (AvgIpc) is 3.40. The summed E-state index contributed by atoms with van der Waals surface area (Å²) in [5.41, 5.74) is 2.77. The summed E-state index contributed by atoms with van der Waals surface area (Å²) in [6.07, 6.45) is 4.97. The first-order valence-corrected chi connectivity index (χ1v) is 14.5. The quantitative estimate of drug-likeness (QED) is 0.226. The maximum Gasteiger partial charge on any atom is 0.324 e. The number of morpholine rings is 1. The van der Waals surface area contributed by atoms with Gasteiger partial charge < -0.3 is 24.8 Å². The molecule has 0 saturated carbocycles. The summed E-state index contributed by atoms with van der Waals surface area (Å²) in [6.45, 7) is 9.21. The molecule has 3 aromatic heterocycles. The lowest BCUT2D eigenvalue weighted by molar-refractivity contribution is 0.0899. The number of anilines is 5. The number of amides is 2. The topological polar surface area (TPSA) is 159 Å². The van der Waals surface area contributed by atoms with Crippen molar-refractivity contribution in [2.45, 2.75) is 38.5 Å². The van der Waals surface area contributed by atoms with Gasteiger partial charge in [0.15, 0.2) is 16.5 Å². The molecule has 0 bridgehead atoms. The van der Waals surface area contributed by atoms with Gasteiger partial charge in [0.05, 0.1) is 24.5 Å². The number of benzene rings is 1. The zero-order chi connectivity index (χ0) is 29.9. The van der Waals surface area contributed by atoms with E-state index in [0.29, 0.717) is 42.1 Å². The molecule has 2 amide bonds. The Balaban J connectivity index is 1.31. The average molecular weight is 592 g/mol. The molecule has 14 heteroatoms. The van der Waals surface area contributed by atoms with Crippen LogP contribution in [0.15, 0.2) is 61.1 Å². The van der Waals surface area contributed by atoms with Crippen LogP contribution in [0.1, 0.15) is 32.0 Å². The van der Waals surface area contributed by atoms with Gasteiger partial charge in [-0.15, -0.1) is 0 Å². The first-order chi connectivity index (χ1) is 20.1. The van der Waals surface area contributed by atoms with E-state index in [1.54, 1.807) is 41.5 Å². The fraction of sp³-hybridized carbons (Fsp3) is 0.321. The maximum absolute atomic E-state index is 13.1. The number of rotatable bonds is 7. The summed E-state index contributed by atoms with van der Waals surface area (Å²) < 4.78 is 28.0. The normalized spacial score (nSPS) is 16.1. The fourth-order valence-electron chi connectivity index (χ4n) is 4.29. The summed E-state index contributed by atoms with van der Waals surface area (Å²) in [5, 5.41) is 13.7. The Kier molecular flexibility index (Phi) is 8.47. The van der Waals surface area contributed by atoms with Crippen molar-refractivity contribution in [2.24, 2.45) is 0 Å². The molecule has 42 heavy (non-hydrogen) atoms. The summed E-state index contributed by atoms with van der Waals surface area (Å²) in [6, 6.07) is 12.3. The SMILES string of the molecule is Cc1ccc(NC(=O)Nc2cc(C(C)(C)C)nn2-c2ccncc2)cc1Nc1nccc(N2CCOC(S(=O)O)C2)n1. The van der Waals surface area contributed by atoms with Gasteiger partial charge in [-0.3, -0.25) is 10.3 Å². The highest BCUT2D eigenvalue weighted by Crippen LogP contribution is 2.27. The van der Waals surface area contributed by atoms with Crippen LogP contribution >= 0.6 is 0 Å². The molecule has 13 nitrogen and oxygen atoms in total. The van der Waals surface area contributed by atoms with Crippen LogP contribution in [-0.2, 0) is 21.2 Å². The van der Waals surface area contributed by atoms with Crippen molar-refractivity contribution in [1.82, 2.24) is 24.7 Å². The van der Waals surface area contributed by atoms with Crippen LogP contribution in [0.25, 0.3) is 5.69 Å². The molecule has 1 aliphatic heterocycles. The Morgan fingerprint density at radius 2 is 1.88 bits per heavy atom. The third kappa shape index (κ3) is 6.90. The molecule has 220 valence electrons. The number of hydrogen-bond acceptors (Lipinski definition) is 9. The third-order valence-corrected chi connectivity index (χ3v) is 7.33. The van der Waals surface area contributed by atoms with E-state index in [0.717, 1.165) is 16.9 Å². The van der Waals surface area contributed by atoms with E-state index in [9.17, 15) is 13.6 Å². The first-order valence-electron chi connectivity index (χ1n) is 13.3. The Hall–Kier alpha value is -4.40. The van der Waals surface area contributed by atoms with Crippen LogP contribution in [0.3, 0.4) is 0 Å². The first kappa shape index (κ1) is 29.1. The van der Waals surface area contributed by atoms with Gasteiger partial charge in [0.2, 0.25) is 5.95 Å². The van der Waals surface area contributed by atoms with Crippen LogP contribution in [0.2, 0.25) is 0 Å². The van der Waals surface area contributed by atoms with Gasteiger partial charge in [0.1, 0.15) is 11.6 Å². The highest BCUT2D eigenvalue weighted by molar-refractivity contribution is 7.79. The molecule has 1 aromatic carbocycles. The fourth-order valence-corrected chi connectivity index (χ4v) is 4.81. The predicted molar refractivity (Wildman–Crippen MR) is 162 cm³/mol. The Morgan fingerprint density at radius 1 is 1.10 bits per heavy atom. The molecular weight excluding hydrogens is 558 g/mol. The third-order valence-electron chi connectivity index (χ3n) is 6.59. The molecule has 1 aliphatic rings. The molecule has 5 rings (SSSR count). The lowest BCUT2D eigenvalue weighted by Gasteiger charge is -2.31. The van der Waals surface area contributed by atoms with Gasteiger partial charge in [0, 0.05) is 48.0 Å². The number of hydrogen-bond donors (Lipinski definition) is 4. The summed E-state index contributed by atoms with van der Waals surface area (Å²) in [7, 11) is 0. The Bertz CT molecular complexity index is 1590. The van der Waals surface area contributed by atoms with E-state index in [2.05, 4.69) is 51.7 Å². The van der Waals surface area contributed by atoms with Gasteiger partial charge in [-0.05, 0) is 42.8 Å². The number of urea groups is 1. The van der Waals surface area contributed by atoms with E-state index in [1.807, 2.05) is 36.1 Å². The van der Waals surface area contributed by atoms with Crippen molar-refractivity contribution in [1.29, 1.82) is 0 Å². The highest BCUT2D eigenvalue weighted by Gasteiger charge is 2.26. The van der Waals surface area contributed by atoms with E-state index in [1.165, 1.54) is 0 Å². The number of nitrogens with zero attached hydrogens (tertiary/aromatic N) is 6. The molecular formula is C28H33N9O4S. The van der Waals surface area contributed by atoms with E-state index in [-0.39, 0.29) is 12.0 Å². The van der Waals surface area contributed by atoms with Crippen LogP contribution in [0.4, 0.5) is 33.8 Å². The molecule has 4 aromatic rings. The van der Waals surface area contributed by atoms with Crippen molar-refractivity contribution < 1.29 is 18.3 Å². The minimum atomic E-state index is -2.09. The van der Waals surface area contributed by atoms with Crippen LogP contribution in [-0.4, -0.2) is 64.7 Å². The highest BCUT2D eigenvalue weighted by atomic mass is 32.2. The van der Waals surface area contributed by atoms with Crippen LogP contribution in [0.5, 0.6) is 0 Å². The van der Waals surface area contributed by atoms with Crippen molar-refractivity contribution in [3.8, 4) is 5.69 Å². The second-order valence-corrected chi connectivity index (χ2v) is 11.9. The van der Waals surface area contributed by atoms with Crippen molar-refractivity contribution in [2.75, 3.05) is 40.5 Å². The Labute approximate surface area is 246 Å². The van der Waals surface area contributed by atoms with Gasteiger partial charge in [-0.25, -0.2) is 18.7 Å². The van der Waals surface area contributed by atoms with Gasteiger partial charge in [-0.2, -0.15) is 10.1 Å². The predicted octanol–water partition coefficient (Wildman–Crippen LogP) is 4.44. The molecule has 2 unspecified atom stereocenters. The molecule has 0 aliphatic carbocycles. The number of carbonyl (C=O) groups is 1. The molecule has 4 heterocycles. The number of aryl methyl sites for hydroxylation is 1. The molecule has 1 saturated heterocycles. The monoisotopic (exact) mass is 591 g/mol. The molecule has 2 atom stereocenters. The van der Waals surface area contributed by atoms with Gasteiger partial charge >= 0.3 is 6.03 Å². The summed E-state index contributed by atoms with van der Waals surface area (Å²) in [5.74, 6) is 1.48. The minimum absolute atomic E-state index is 0.219. The van der Waals surface area contributed by atoms with E-state index in [4.69, 9.17) is 9.84 Å². The van der Waals surface area contributed by atoms with Gasteiger partial charge in [0.25, 0.3) is 0 Å².